The van der Waals surface area contributed by atoms with E-state index in [9.17, 15) is 14.4 Å². The molecule has 0 aromatic rings. The average molecular weight is 443 g/mol. The zero-order valence-corrected chi connectivity index (χ0v) is 20.6. The highest BCUT2D eigenvalue weighted by Crippen LogP contribution is 2.68. The van der Waals surface area contributed by atoms with Gasteiger partial charge in [-0.3, -0.25) is 14.4 Å². The van der Waals surface area contributed by atoms with E-state index >= 15 is 0 Å². The lowest BCUT2D eigenvalue weighted by atomic mass is 9.46. The van der Waals surface area contributed by atoms with E-state index in [-0.39, 0.29) is 22.6 Å². The molecule has 0 aromatic heterocycles. The molecule has 0 radical (unpaired) electrons. The maximum atomic E-state index is 13.1. The van der Waals surface area contributed by atoms with Crippen LogP contribution in [0.5, 0.6) is 0 Å². The summed E-state index contributed by atoms with van der Waals surface area (Å²) in [5, 5.41) is 0. The van der Waals surface area contributed by atoms with E-state index < -0.39 is 5.60 Å². The van der Waals surface area contributed by atoms with Crippen molar-refractivity contribution in [3.05, 3.63) is 11.6 Å². The van der Waals surface area contributed by atoms with Crippen molar-refractivity contribution in [1.29, 1.82) is 0 Å². The molecule has 4 nitrogen and oxygen atoms in total. The van der Waals surface area contributed by atoms with Crippen LogP contribution in [0.4, 0.5) is 0 Å². The Kier molecular flexibility index (Phi) is 6.46. The molecule has 178 valence electrons. The molecule has 0 N–H and O–H groups in total. The van der Waals surface area contributed by atoms with E-state index in [1.54, 1.807) is 6.92 Å². The first-order valence-electron chi connectivity index (χ1n) is 13.1. The number of allylic oxidation sites excluding steroid dienone is 1. The van der Waals surface area contributed by atoms with Crippen molar-refractivity contribution in [2.45, 2.75) is 117 Å². The highest BCUT2D eigenvalue weighted by molar-refractivity contribution is 5.91. The molecule has 4 aliphatic carbocycles. The molecule has 3 fully saturated rings. The number of Topliss-reactive ketones (excluding diaryl/α,β-unsaturated/α-hetero) is 1. The number of fused-ring (bicyclic) bond motifs is 5. The van der Waals surface area contributed by atoms with Gasteiger partial charge in [0.2, 0.25) is 0 Å². The second-order valence-corrected chi connectivity index (χ2v) is 11.6. The van der Waals surface area contributed by atoms with Crippen LogP contribution < -0.4 is 0 Å². The fraction of sp³-hybridized carbons (Fsp3) is 0.821. The maximum absolute atomic E-state index is 13.1. The van der Waals surface area contributed by atoms with Gasteiger partial charge in [0.15, 0.2) is 17.2 Å². The summed E-state index contributed by atoms with van der Waals surface area (Å²) in [6.07, 6.45) is 13.9. The second kappa shape index (κ2) is 8.72. The molecule has 0 spiro atoms. The Hall–Kier alpha value is -1.45. The molecule has 0 unspecified atom stereocenters. The molecular formula is C28H42O4. The van der Waals surface area contributed by atoms with Gasteiger partial charge in [-0.25, -0.2) is 0 Å². The number of hydrogen-bond donors (Lipinski definition) is 0. The van der Waals surface area contributed by atoms with Crippen LogP contribution in [-0.2, 0) is 19.1 Å². The Bertz CT molecular complexity index is 812. The summed E-state index contributed by atoms with van der Waals surface area (Å²) in [6, 6.07) is 0. The number of esters is 1. The third kappa shape index (κ3) is 3.60. The van der Waals surface area contributed by atoms with E-state index in [1.165, 1.54) is 5.57 Å². The number of ketones is 2. The van der Waals surface area contributed by atoms with Crippen molar-refractivity contribution in [2.24, 2.45) is 28.6 Å². The average Bonchev–Trinajstić information content (AvgIpc) is 3.05. The van der Waals surface area contributed by atoms with E-state index in [0.717, 1.165) is 64.2 Å². The number of rotatable bonds is 7. The second-order valence-electron chi connectivity index (χ2n) is 11.6. The number of carbonyl (C=O) groups is 3. The van der Waals surface area contributed by atoms with Crippen molar-refractivity contribution in [3.63, 3.8) is 0 Å². The molecule has 0 amide bonds. The molecule has 0 aromatic carbocycles. The number of hydrogen-bond acceptors (Lipinski definition) is 4. The molecule has 32 heavy (non-hydrogen) atoms. The lowest BCUT2D eigenvalue weighted by Crippen LogP contribution is -2.58. The molecule has 6 atom stereocenters. The van der Waals surface area contributed by atoms with Crippen molar-refractivity contribution in [3.8, 4) is 0 Å². The molecule has 0 heterocycles. The number of carbonyl (C=O) groups excluding carboxylic acids is 3. The highest BCUT2D eigenvalue weighted by Gasteiger charge is 2.67. The van der Waals surface area contributed by atoms with Crippen molar-refractivity contribution in [2.75, 3.05) is 0 Å². The Balaban J connectivity index is 1.56. The van der Waals surface area contributed by atoms with Gasteiger partial charge in [0, 0.05) is 18.3 Å². The van der Waals surface area contributed by atoms with Crippen LogP contribution in [-0.4, -0.2) is 23.1 Å². The first-order valence-corrected chi connectivity index (χ1v) is 13.1. The summed E-state index contributed by atoms with van der Waals surface area (Å²) in [4.78, 5) is 38.0. The molecule has 0 bridgehead atoms. The number of ether oxygens (including phenoxy) is 1. The van der Waals surface area contributed by atoms with Gasteiger partial charge in [0.1, 0.15) is 0 Å². The predicted molar refractivity (Wildman–Crippen MR) is 125 cm³/mol. The third-order valence-corrected chi connectivity index (χ3v) is 10.2. The fourth-order valence-corrected chi connectivity index (χ4v) is 8.32. The van der Waals surface area contributed by atoms with Gasteiger partial charge in [-0.2, -0.15) is 0 Å². The van der Waals surface area contributed by atoms with Crippen molar-refractivity contribution < 1.29 is 19.1 Å². The summed E-state index contributed by atoms with van der Waals surface area (Å²) in [5.74, 6) is 1.67. The number of unbranched alkanes of at least 4 members (excludes halogenated alkanes) is 3. The van der Waals surface area contributed by atoms with Gasteiger partial charge in [-0.15, -0.1) is 0 Å². The molecule has 3 saturated carbocycles. The van der Waals surface area contributed by atoms with E-state index in [2.05, 4.69) is 20.8 Å². The lowest BCUT2D eigenvalue weighted by molar-refractivity contribution is -0.189. The van der Waals surface area contributed by atoms with Crippen LogP contribution in [0.2, 0.25) is 0 Å². The summed E-state index contributed by atoms with van der Waals surface area (Å²) in [6.45, 7) is 8.42. The van der Waals surface area contributed by atoms with Crippen molar-refractivity contribution >= 4 is 17.5 Å². The van der Waals surface area contributed by atoms with E-state index in [1.807, 2.05) is 6.08 Å². The molecule has 4 heteroatoms. The van der Waals surface area contributed by atoms with Gasteiger partial charge in [-0.05, 0) is 87.5 Å². The quantitative estimate of drug-likeness (QED) is 0.340. The van der Waals surface area contributed by atoms with Crippen LogP contribution in [0.3, 0.4) is 0 Å². The highest BCUT2D eigenvalue weighted by atomic mass is 16.6. The van der Waals surface area contributed by atoms with Gasteiger partial charge < -0.3 is 4.74 Å². The fourth-order valence-electron chi connectivity index (χ4n) is 8.32. The zero-order valence-electron chi connectivity index (χ0n) is 20.6. The third-order valence-electron chi connectivity index (χ3n) is 10.2. The summed E-state index contributed by atoms with van der Waals surface area (Å²) >= 11 is 0. The SMILES string of the molecule is CCCCCCC(=O)O[C@@]1(C(C)=O)CC[C@H]2[C@@H]3CCC4=CC(=O)CC[C@]4(C)[C@H]3CC[C@@]21C. The van der Waals surface area contributed by atoms with Gasteiger partial charge in [0.05, 0.1) is 0 Å². The normalized spacial score (nSPS) is 40.7. The van der Waals surface area contributed by atoms with Gasteiger partial charge in [0.25, 0.3) is 0 Å². The lowest BCUT2D eigenvalue weighted by Gasteiger charge is -2.59. The molecule has 0 aliphatic heterocycles. The topological polar surface area (TPSA) is 60.4 Å². The Morgan fingerprint density at radius 3 is 2.47 bits per heavy atom. The monoisotopic (exact) mass is 442 g/mol. The Morgan fingerprint density at radius 1 is 1.00 bits per heavy atom. The molecule has 0 saturated heterocycles. The molecular weight excluding hydrogens is 400 g/mol. The predicted octanol–water partition coefficient (Wildman–Crippen LogP) is 6.36. The first kappa shape index (κ1) is 23.7. The molecule has 4 aliphatic rings. The maximum Gasteiger partial charge on any atom is 0.306 e. The Labute approximate surface area is 193 Å². The largest absolute Gasteiger partial charge is 0.450 e. The molecule has 4 rings (SSSR count). The van der Waals surface area contributed by atoms with Crippen molar-refractivity contribution in [1.82, 2.24) is 0 Å². The summed E-state index contributed by atoms with van der Waals surface area (Å²) < 4.78 is 6.19. The standard InChI is InChI=1S/C28H42O4/c1-5-6-7-8-9-25(31)32-28(19(2)29)17-14-24-22-11-10-20-18-21(30)12-15-26(20,3)23(22)13-16-27(24,28)4/h18,22-24H,5-17H2,1-4H3/t22-,23+,24+,26+,27+,28-/m1/s1. The minimum Gasteiger partial charge on any atom is -0.450 e. The van der Waals surface area contributed by atoms with Gasteiger partial charge >= 0.3 is 5.97 Å². The van der Waals surface area contributed by atoms with Crippen LogP contribution in [0, 0.1) is 28.6 Å². The van der Waals surface area contributed by atoms with Crippen LogP contribution in [0.25, 0.3) is 0 Å². The zero-order chi connectivity index (χ0) is 23.1. The van der Waals surface area contributed by atoms with E-state index in [0.29, 0.717) is 42.8 Å². The minimum absolute atomic E-state index is 0.0359. The summed E-state index contributed by atoms with van der Waals surface area (Å²) in [7, 11) is 0. The van der Waals surface area contributed by atoms with Crippen LogP contribution >= 0.6 is 0 Å². The first-order chi connectivity index (χ1) is 15.2. The van der Waals surface area contributed by atoms with Gasteiger partial charge in [-0.1, -0.05) is 45.6 Å². The Morgan fingerprint density at radius 2 is 1.75 bits per heavy atom. The van der Waals surface area contributed by atoms with E-state index in [4.69, 9.17) is 4.74 Å². The smallest absolute Gasteiger partial charge is 0.306 e. The van der Waals surface area contributed by atoms with Crippen LogP contribution in [0.15, 0.2) is 11.6 Å². The minimum atomic E-state index is -0.954. The summed E-state index contributed by atoms with van der Waals surface area (Å²) in [5.41, 5.74) is 0.258. The van der Waals surface area contributed by atoms with Crippen LogP contribution in [0.1, 0.15) is 111 Å².